The number of aromatic nitrogens is 2. The van der Waals surface area contributed by atoms with Crippen LogP contribution in [0, 0.1) is 0 Å². The molecular weight excluding hydrogens is 488 g/mol. The number of ketones is 1. The van der Waals surface area contributed by atoms with E-state index in [1.165, 1.54) is 6.92 Å². The molecule has 11 nitrogen and oxygen atoms in total. The van der Waals surface area contributed by atoms with Crippen LogP contribution in [0.15, 0.2) is 36.7 Å². The van der Waals surface area contributed by atoms with E-state index >= 15 is 0 Å². The van der Waals surface area contributed by atoms with Gasteiger partial charge in [0.05, 0.1) is 18.2 Å². The summed E-state index contributed by atoms with van der Waals surface area (Å²) in [6.07, 6.45) is 7.41. The SMILES string of the molecule is CO[C@H]1CCC(NC(=O)[C@@H]2CCCN2C(=O)CNc2ccc(OCc3ncccn3)cc2C(=[NH2+])C(C)=O)C1. The molecule has 2 aliphatic rings. The number of likely N-dealkylation sites (tertiary alicyclic amines) is 1. The first kappa shape index (κ1) is 27.2. The first-order valence-corrected chi connectivity index (χ1v) is 12.9. The maximum Gasteiger partial charge on any atom is 0.249 e. The second-order valence-corrected chi connectivity index (χ2v) is 9.61. The maximum atomic E-state index is 13.1. The van der Waals surface area contributed by atoms with Crippen molar-refractivity contribution in [2.45, 2.75) is 63.8 Å². The van der Waals surface area contributed by atoms with Crippen LogP contribution in [-0.4, -0.2) is 76.6 Å². The zero-order valence-electron chi connectivity index (χ0n) is 21.8. The van der Waals surface area contributed by atoms with Crippen molar-refractivity contribution in [1.29, 1.82) is 0 Å². The van der Waals surface area contributed by atoms with Gasteiger partial charge < -0.3 is 25.0 Å². The number of hydrogen-bond donors (Lipinski definition) is 3. The first-order valence-electron chi connectivity index (χ1n) is 12.9. The second-order valence-electron chi connectivity index (χ2n) is 9.61. The third-order valence-corrected chi connectivity index (χ3v) is 7.02. The van der Waals surface area contributed by atoms with Gasteiger partial charge in [-0.15, -0.1) is 0 Å². The summed E-state index contributed by atoms with van der Waals surface area (Å²) in [6.45, 7) is 2.00. The quantitative estimate of drug-likeness (QED) is 0.356. The summed E-state index contributed by atoms with van der Waals surface area (Å²) in [5.74, 6) is 0.379. The lowest BCUT2D eigenvalue weighted by Crippen LogP contribution is -2.49. The van der Waals surface area contributed by atoms with E-state index in [1.807, 2.05) is 0 Å². The van der Waals surface area contributed by atoms with E-state index in [2.05, 4.69) is 20.6 Å². The minimum absolute atomic E-state index is 0.0464. The topological polar surface area (TPSA) is 148 Å². The van der Waals surface area contributed by atoms with E-state index in [4.69, 9.17) is 14.9 Å². The predicted octanol–water partition coefficient (Wildman–Crippen LogP) is 0.279. The molecule has 1 saturated carbocycles. The van der Waals surface area contributed by atoms with Crippen LogP contribution < -0.4 is 20.8 Å². The number of nitrogens with two attached hydrogens (primary N) is 1. The van der Waals surface area contributed by atoms with Crippen molar-refractivity contribution in [2.24, 2.45) is 0 Å². The molecule has 2 aromatic rings. The van der Waals surface area contributed by atoms with Gasteiger partial charge in [0.25, 0.3) is 0 Å². The highest BCUT2D eigenvalue weighted by Gasteiger charge is 2.36. The van der Waals surface area contributed by atoms with Crippen LogP contribution in [0.25, 0.3) is 0 Å². The molecule has 38 heavy (non-hydrogen) atoms. The lowest BCUT2D eigenvalue weighted by molar-refractivity contribution is -0.137. The van der Waals surface area contributed by atoms with Crippen molar-refractivity contribution in [3.05, 3.63) is 48.0 Å². The Bertz CT molecular complexity index is 1170. The fourth-order valence-corrected chi connectivity index (χ4v) is 4.93. The zero-order chi connectivity index (χ0) is 27.1. The highest BCUT2D eigenvalue weighted by Crippen LogP contribution is 2.25. The summed E-state index contributed by atoms with van der Waals surface area (Å²) >= 11 is 0. The van der Waals surface area contributed by atoms with Gasteiger partial charge in [-0.2, -0.15) is 0 Å². The van der Waals surface area contributed by atoms with E-state index in [9.17, 15) is 14.4 Å². The van der Waals surface area contributed by atoms with Gasteiger partial charge in [-0.1, -0.05) is 0 Å². The van der Waals surface area contributed by atoms with Crippen molar-refractivity contribution in [2.75, 3.05) is 25.5 Å². The first-order chi connectivity index (χ1) is 18.4. The zero-order valence-corrected chi connectivity index (χ0v) is 21.8. The largest absolute Gasteiger partial charge is 0.486 e. The number of nitrogens with one attached hydrogen (secondary N) is 2. The minimum Gasteiger partial charge on any atom is -0.486 e. The lowest BCUT2D eigenvalue weighted by Gasteiger charge is -2.26. The number of carbonyl (C=O) groups excluding carboxylic acids is 3. The molecule has 202 valence electrons. The molecule has 2 heterocycles. The molecule has 1 aliphatic heterocycles. The number of ether oxygens (including phenoxy) is 2. The van der Waals surface area contributed by atoms with Gasteiger partial charge in [0.1, 0.15) is 18.4 Å². The Morgan fingerprint density at radius 1 is 1.16 bits per heavy atom. The minimum atomic E-state index is -0.491. The van der Waals surface area contributed by atoms with Gasteiger partial charge in [-0.25, -0.2) is 9.97 Å². The Balaban J connectivity index is 1.38. The molecule has 0 bridgehead atoms. The Kier molecular flexibility index (Phi) is 9.01. The Hall–Kier alpha value is -3.86. The van der Waals surface area contributed by atoms with E-state index in [-0.39, 0.29) is 48.6 Å². The van der Waals surface area contributed by atoms with E-state index < -0.39 is 6.04 Å². The highest BCUT2D eigenvalue weighted by atomic mass is 16.5. The van der Waals surface area contributed by atoms with Crippen LogP contribution in [0.2, 0.25) is 0 Å². The highest BCUT2D eigenvalue weighted by molar-refractivity contribution is 6.44. The number of anilines is 1. The summed E-state index contributed by atoms with van der Waals surface area (Å²) < 4.78 is 11.2. The Labute approximate surface area is 221 Å². The molecular formula is C27H35N6O5+. The van der Waals surface area contributed by atoms with Crippen LogP contribution in [0.4, 0.5) is 5.69 Å². The average Bonchev–Trinajstić information content (AvgIpc) is 3.61. The van der Waals surface area contributed by atoms with Crippen molar-refractivity contribution < 1.29 is 29.3 Å². The van der Waals surface area contributed by atoms with Crippen molar-refractivity contribution in [3.63, 3.8) is 0 Å². The number of Topliss-reactive ketones (excluding diaryl/α,β-unsaturated/α-hetero) is 1. The number of nitrogens with zero attached hydrogens (tertiary/aromatic N) is 3. The fourth-order valence-electron chi connectivity index (χ4n) is 4.93. The molecule has 11 heteroatoms. The maximum absolute atomic E-state index is 13.1. The summed E-state index contributed by atoms with van der Waals surface area (Å²) in [4.78, 5) is 48.0. The number of carbonyl (C=O) groups is 3. The van der Waals surface area contributed by atoms with Gasteiger partial charge >= 0.3 is 0 Å². The summed E-state index contributed by atoms with van der Waals surface area (Å²) in [5.41, 5.74) is 0.998. The number of amides is 2. The fraction of sp³-hybridized carbons (Fsp3) is 0.481. The second kappa shape index (κ2) is 12.6. The smallest absolute Gasteiger partial charge is 0.249 e. The van der Waals surface area contributed by atoms with Crippen LogP contribution in [0.1, 0.15) is 50.4 Å². The van der Waals surface area contributed by atoms with Crippen LogP contribution in [0.5, 0.6) is 5.75 Å². The molecule has 2 fully saturated rings. The lowest BCUT2D eigenvalue weighted by atomic mass is 10.0. The molecule has 1 aliphatic carbocycles. The third-order valence-electron chi connectivity index (χ3n) is 7.02. The van der Waals surface area contributed by atoms with Crippen LogP contribution in [-0.2, 0) is 25.7 Å². The number of benzene rings is 1. The summed E-state index contributed by atoms with van der Waals surface area (Å²) in [7, 11) is 1.69. The van der Waals surface area contributed by atoms with Crippen molar-refractivity contribution >= 4 is 29.0 Å². The van der Waals surface area contributed by atoms with E-state index in [0.717, 1.165) is 25.7 Å². The van der Waals surface area contributed by atoms with Crippen molar-refractivity contribution in [3.8, 4) is 5.75 Å². The number of rotatable bonds is 11. The monoisotopic (exact) mass is 523 g/mol. The number of hydrogen-bond acceptors (Lipinski definition) is 8. The summed E-state index contributed by atoms with van der Waals surface area (Å²) in [6, 6.07) is 6.37. The summed E-state index contributed by atoms with van der Waals surface area (Å²) in [5, 5.41) is 12.3. The van der Waals surface area contributed by atoms with Gasteiger partial charge in [0.15, 0.2) is 5.82 Å². The van der Waals surface area contributed by atoms with Gasteiger partial charge in [0, 0.05) is 44.7 Å². The average molecular weight is 524 g/mol. The van der Waals surface area contributed by atoms with Crippen molar-refractivity contribution in [1.82, 2.24) is 20.2 Å². The van der Waals surface area contributed by atoms with E-state index in [1.54, 1.807) is 48.7 Å². The predicted molar refractivity (Wildman–Crippen MR) is 139 cm³/mol. The third kappa shape index (κ3) is 6.71. The van der Waals surface area contributed by atoms with Gasteiger partial charge in [-0.3, -0.25) is 19.8 Å². The molecule has 2 amide bonds. The van der Waals surface area contributed by atoms with Gasteiger partial charge in [0.2, 0.25) is 23.3 Å². The molecule has 4 N–H and O–H groups in total. The van der Waals surface area contributed by atoms with Crippen LogP contribution >= 0.6 is 0 Å². The molecule has 1 aromatic carbocycles. The normalized spacial score (nSPS) is 20.7. The molecule has 1 unspecified atom stereocenters. The molecule has 1 saturated heterocycles. The number of methoxy groups -OCH3 is 1. The molecule has 3 atom stereocenters. The van der Waals surface area contributed by atoms with Crippen LogP contribution in [0.3, 0.4) is 0 Å². The molecule has 0 radical (unpaired) electrons. The Morgan fingerprint density at radius 2 is 1.95 bits per heavy atom. The van der Waals surface area contributed by atoms with E-state index in [0.29, 0.717) is 35.8 Å². The molecule has 1 aromatic heterocycles. The Morgan fingerprint density at radius 3 is 2.66 bits per heavy atom. The molecule has 4 rings (SSSR count). The van der Waals surface area contributed by atoms with Gasteiger partial charge in [-0.05, 0) is 56.4 Å². The standard InChI is InChI=1S/C27H34N6O5/c1-17(34)26(28)21-14-20(38-16-24-29-10-4-11-30-24)8-9-22(21)31-15-25(35)33-12-3-5-23(33)27(36)32-18-6-7-19(13-18)37-2/h4,8-11,14,18-19,23,28,31H,3,5-7,12-13,15-16H2,1-2H3,(H,32,36)/p+1/t18?,19-,23-/m0/s1. The molecule has 0 spiro atoms.